The standard InChI is InChI=1S/C25H19F4N5O3S/c26-17-8-6-16(7-9-17)19-13-20(25(27,28)29)33-34(19)24(37)32-18(12-15-4-2-1-3-5-15)22(35)23(36)31-14-21-30-10-11-38-21/h1-11,13,18H,12,14H2,(H,31,36)(H,32,37)/t18-/m1/s1. The van der Waals surface area contributed by atoms with Gasteiger partial charge in [-0.25, -0.2) is 14.2 Å². The summed E-state index contributed by atoms with van der Waals surface area (Å²) in [7, 11) is 0. The van der Waals surface area contributed by atoms with Gasteiger partial charge in [0.25, 0.3) is 5.91 Å². The second-order valence-electron chi connectivity index (χ2n) is 8.00. The molecule has 0 spiro atoms. The first-order valence-electron chi connectivity index (χ1n) is 11.1. The number of Topliss-reactive ketones (excluding diaryl/α,β-unsaturated/α-hetero) is 1. The van der Waals surface area contributed by atoms with Crippen molar-refractivity contribution in [3.05, 3.63) is 94.3 Å². The normalized spacial score (nSPS) is 12.1. The lowest BCUT2D eigenvalue weighted by Gasteiger charge is -2.18. The van der Waals surface area contributed by atoms with E-state index in [-0.39, 0.29) is 24.2 Å². The van der Waals surface area contributed by atoms with Crippen molar-refractivity contribution >= 4 is 29.1 Å². The number of nitrogens with zero attached hydrogens (tertiary/aromatic N) is 3. The molecule has 38 heavy (non-hydrogen) atoms. The van der Waals surface area contributed by atoms with Crippen molar-refractivity contribution < 1.29 is 31.9 Å². The zero-order chi connectivity index (χ0) is 27.3. The molecule has 4 rings (SSSR count). The van der Waals surface area contributed by atoms with Gasteiger partial charge in [0.1, 0.15) is 16.9 Å². The number of thiazole rings is 1. The van der Waals surface area contributed by atoms with Crippen LogP contribution >= 0.6 is 11.3 Å². The Morgan fingerprint density at radius 2 is 1.74 bits per heavy atom. The molecule has 13 heteroatoms. The van der Waals surface area contributed by atoms with Gasteiger partial charge in [0.15, 0.2) is 5.69 Å². The number of hydrogen-bond donors (Lipinski definition) is 2. The number of hydrogen-bond acceptors (Lipinski definition) is 6. The summed E-state index contributed by atoms with van der Waals surface area (Å²) in [5, 5.41) is 10.4. The second kappa shape index (κ2) is 11.3. The van der Waals surface area contributed by atoms with Crippen LogP contribution in [0.15, 0.2) is 72.2 Å². The van der Waals surface area contributed by atoms with Gasteiger partial charge in [0.05, 0.1) is 12.2 Å². The zero-order valence-corrected chi connectivity index (χ0v) is 20.2. The molecule has 2 aromatic carbocycles. The van der Waals surface area contributed by atoms with Gasteiger partial charge in [-0.15, -0.1) is 11.3 Å². The first-order valence-corrected chi connectivity index (χ1v) is 12.0. The molecule has 2 aromatic heterocycles. The highest BCUT2D eigenvalue weighted by molar-refractivity contribution is 7.09. The Kier molecular flexibility index (Phi) is 7.96. The van der Waals surface area contributed by atoms with E-state index in [4.69, 9.17) is 0 Å². The minimum absolute atomic E-state index is 0.0168. The zero-order valence-electron chi connectivity index (χ0n) is 19.4. The minimum atomic E-state index is -4.88. The third-order valence-electron chi connectivity index (χ3n) is 5.34. The summed E-state index contributed by atoms with van der Waals surface area (Å²) in [6.45, 7) is -0.0168. The summed E-state index contributed by atoms with van der Waals surface area (Å²) in [6, 6.07) is 10.9. The van der Waals surface area contributed by atoms with Crippen LogP contribution < -0.4 is 10.6 Å². The molecule has 2 heterocycles. The van der Waals surface area contributed by atoms with E-state index in [1.807, 2.05) is 0 Å². The van der Waals surface area contributed by atoms with Crippen molar-refractivity contribution in [1.82, 2.24) is 25.4 Å². The number of rotatable bonds is 8. The summed E-state index contributed by atoms with van der Waals surface area (Å²) in [5.74, 6) is -2.64. The molecule has 0 aliphatic carbocycles. The van der Waals surface area contributed by atoms with E-state index >= 15 is 0 Å². The first kappa shape index (κ1) is 26.7. The van der Waals surface area contributed by atoms with E-state index in [2.05, 4.69) is 20.7 Å². The molecule has 2 amide bonds. The Morgan fingerprint density at radius 1 is 1.03 bits per heavy atom. The van der Waals surface area contributed by atoms with E-state index in [1.165, 1.54) is 29.7 Å². The van der Waals surface area contributed by atoms with Gasteiger partial charge in [-0.05, 0) is 35.9 Å². The fourth-order valence-corrected chi connectivity index (χ4v) is 4.07. The lowest BCUT2D eigenvalue weighted by Crippen LogP contribution is -2.50. The number of amides is 2. The number of carbonyl (C=O) groups excluding carboxylic acids is 3. The third-order valence-corrected chi connectivity index (χ3v) is 6.12. The number of halogens is 4. The van der Waals surface area contributed by atoms with E-state index in [0.29, 0.717) is 21.3 Å². The molecule has 0 bridgehead atoms. The lowest BCUT2D eigenvalue weighted by atomic mass is 10.0. The highest BCUT2D eigenvalue weighted by atomic mass is 32.1. The monoisotopic (exact) mass is 545 g/mol. The second-order valence-corrected chi connectivity index (χ2v) is 8.97. The molecule has 0 aliphatic heterocycles. The Bertz CT molecular complexity index is 1420. The maximum Gasteiger partial charge on any atom is 0.435 e. The molecule has 2 N–H and O–H groups in total. The summed E-state index contributed by atoms with van der Waals surface area (Å²) in [6.07, 6.45) is -3.46. The SMILES string of the molecule is O=C(NCc1nccs1)C(=O)[C@@H](Cc1ccccc1)NC(=O)n1nc(C(F)(F)F)cc1-c1ccc(F)cc1. The molecular weight excluding hydrogens is 526 g/mol. The van der Waals surface area contributed by atoms with E-state index < -0.39 is 41.5 Å². The smallest absolute Gasteiger partial charge is 0.343 e. The van der Waals surface area contributed by atoms with Crippen LogP contribution in [0, 0.1) is 5.82 Å². The number of aromatic nitrogens is 3. The number of ketones is 1. The van der Waals surface area contributed by atoms with Gasteiger partial charge in [0.2, 0.25) is 5.78 Å². The number of nitrogens with one attached hydrogen (secondary N) is 2. The quantitative estimate of drug-likeness (QED) is 0.255. The molecule has 8 nitrogen and oxygen atoms in total. The van der Waals surface area contributed by atoms with Crippen LogP contribution in [0.5, 0.6) is 0 Å². The van der Waals surface area contributed by atoms with Gasteiger partial charge in [-0.3, -0.25) is 9.59 Å². The molecule has 0 aliphatic rings. The Morgan fingerprint density at radius 3 is 2.37 bits per heavy atom. The molecule has 196 valence electrons. The average molecular weight is 546 g/mol. The lowest BCUT2D eigenvalue weighted by molar-refractivity contribution is -0.141. The number of alkyl halides is 3. The molecule has 0 unspecified atom stereocenters. The highest BCUT2D eigenvalue weighted by Gasteiger charge is 2.37. The van der Waals surface area contributed by atoms with E-state index in [0.717, 1.165) is 12.1 Å². The van der Waals surface area contributed by atoms with Crippen LogP contribution in [-0.4, -0.2) is 38.5 Å². The molecule has 0 saturated carbocycles. The average Bonchev–Trinajstić information content (AvgIpc) is 3.58. The van der Waals surface area contributed by atoms with Gasteiger partial charge in [-0.1, -0.05) is 30.3 Å². The molecule has 0 fully saturated rings. The maximum absolute atomic E-state index is 13.4. The molecular formula is C25H19F4N5O3S. The predicted octanol–water partition coefficient (Wildman–Crippen LogP) is 4.22. The molecule has 0 saturated heterocycles. The van der Waals surface area contributed by atoms with Gasteiger partial charge >= 0.3 is 12.2 Å². The molecule has 0 radical (unpaired) electrons. The van der Waals surface area contributed by atoms with Crippen LogP contribution in [0.1, 0.15) is 16.3 Å². The van der Waals surface area contributed by atoms with Crippen molar-refractivity contribution in [3.63, 3.8) is 0 Å². The van der Waals surface area contributed by atoms with Crippen LogP contribution in [0.3, 0.4) is 0 Å². The van der Waals surface area contributed by atoms with Crippen LogP contribution in [-0.2, 0) is 28.7 Å². The summed E-state index contributed by atoms with van der Waals surface area (Å²) >= 11 is 1.27. The Hall–Kier alpha value is -4.39. The number of carbonyl (C=O) groups is 3. The van der Waals surface area contributed by atoms with Crippen LogP contribution in [0.4, 0.5) is 22.4 Å². The number of benzene rings is 2. The Balaban J connectivity index is 1.62. The summed E-state index contributed by atoms with van der Waals surface area (Å²) < 4.78 is 54.1. The van der Waals surface area contributed by atoms with Crippen molar-refractivity contribution in [3.8, 4) is 11.3 Å². The fourth-order valence-electron chi connectivity index (χ4n) is 3.51. The molecule has 4 aromatic rings. The summed E-state index contributed by atoms with van der Waals surface area (Å²) in [5.41, 5.74) is -0.973. The molecule has 1 atom stereocenters. The van der Waals surface area contributed by atoms with Crippen molar-refractivity contribution in [2.24, 2.45) is 0 Å². The van der Waals surface area contributed by atoms with Gasteiger partial charge < -0.3 is 10.6 Å². The van der Waals surface area contributed by atoms with Crippen LogP contribution in [0.2, 0.25) is 0 Å². The van der Waals surface area contributed by atoms with E-state index in [9.17, 15) is 31.9 Å². The Labute approximate surface area is 217 Å². The van der Waals surface area contributed by atoms with Crippen molar-refractivity contribution in [2.75, 3.05) is 0 Å². The predicted molar refractivity (Wildman–Crippen MR) is 129 cm³/mol. The maximum atomic E-state index is 13.4. The van der Waals surface area contributed by atoms with Crippen molar-refractivity contribution in [1.29, 1.82) is 0 Å². The topological polar surface area (TPSA) is 106 Å². The largest absolute Gasteiger partial charge is 0.435 e. The first-order chi connectivity index (χ1) is 18.1. The van der Waals surface area contributed by atoms with Gasteiger partial charge in [0, 0.05) is 23.6 Å². The van der Waals surface area contributed by atoms with Crippen molar-refractivity contribution in [2.45, 2.75) is 25.2 Å². The van der Waals surface area contributed by atoms with E-state index in [1.54, 1.807) is 35.7 Å². The highest BCUT2D eigenvalue weighted by Crippen LogP contribution is 2.32. The van der Waals surface area contributed by atoms with Crippen LogP contribution in [0.25, 0.3) is 11.3 Å². The summed E-state index contributed by atoms with van der Waals surface area (Å²) in [4.78, 5) is 42.8. The fraction of sp³-hybridized carbons (Fsp3) is 0.160. The third kappa shape index (κ3) is 6.48. The van der Waals surface area contributed by atoms with Gasteiger partial charge in [-0.2, -0.15) is 23.0 Å². The minimum Gasteiger partial charge on any atom is -0.343 e.